The molecule has 1 fully saturated rings. The minimum atomic E-state index is 0.209. The van der Waals surface area contributed by atoms with E-state index >= 15 is 0 Å². The Labute approximate surface area is 168 Å². The van der Waals surface area contributed by atoms with E-state index in [1.54, 1.807) is 4.90 Å². The van der Waals surface area contributed by atoms with E-state index in [0.717, 1.165) is 44.8 Å². The van der Waals surface area contributed by atoms with E-state index in [1.165, 1.54) is 22.4 Å². The monoisotopic (exact) mass is 375 g/mol. The van der Waals surface area contributed by atoms with Crippen LogP contribution in [0.5, 0.6) is 0 Å². The van der Waals surface area contributed by atoms with E-state index in [0.29, 0.717) is 6.42 Å². The zero-order chi connectivity index (χ0) is 19.5. The Morgan fingerprint density at radius 2 is 1.82 bits per heavy atom. The van der Waals surface area contributed by atoms with Crippen molar-refractivity contribution in [2.24, 2.45) is 0 Å². The number of benzene rings is 2. The van der Waals surface area contributed by atoms with E-state index in [4.69, 9.17) is 0 Å². The fourth-order valence-corrected chi connectivity index (χ4v) is 4.13. The van der Waals surface area contributed by atoms with Crippen LogP contribution in [-0.2, 0) is 11.2 Å². The Balaban J connectivity index is 1.31. The maximum Gasteiger partial charge on any atom is 0.227 e. The molecule has 4 heteroatoms. The first kappa shape index (κ1) is 18.8. The molecule has 4 nitrogen and oxygen atoms in total. The van der Waals surface area contributed by atoms with Crippen LogP contribution in [0, 0.1) is 6.92 Å². The second-order valence-electron chi connectivity index (χ2n) is 7.87. The summed E-state index contributed by atoms with van der Waals surface area (Å²) in [5.41, 5.74) is 6.22. The molecule has 2 heterocycles. The second-order valence-corrected chi connectivity index (χ2v) is 7.87. The highest BCUT2D eigenvalue weighted by molar-refractivity contribution is 5.96. The van der Waals surface area contributed by atoms with Gasteiger partial charge in [0.1, 0.15) is 0 Å². The molecule has 146 valence electrons. The summed E-state index contributed by atoms with van der Waals surface area (Å²) in [6.45, 7) is 7.48. The van der Waals surface area contributed by atoms with Crippen molar-refractivity contribution in [2.45, 2.75) is 19.8 Å². The summed E-state index contributed by atoms with van der Waals surface area (Å²) in [7, 11) is 1.87. The Hall–Kier alpha value is -2.59. The SMILES string of the molecule is Cc1cccc(N2CCN(CC=Cc3ccc4c(c3)CCC(=O)N4C)CC2)c1. The molecule has 0 spiro atoms. The third kappa shape index (κ3) is 4.12. The number of aryl methyl sites for hydroxylation is 2. The largest absolute Gasteiger partial charge is 0.369 e. The normalized spacial score (nSPS) is 18.0. The lowest BCUT2D eigenvalue weighted by molar-refractivity contribution is -0.118. The van der Waals surface area contributed by atoms with Gasteiger partial charge >= 0.3 is 0 Å². The molecule has 0 saturated carbocycles. The van der Waals surface area contributed by atoms with Crippen molar-refractivity contribution in [1.29, 1.82) is 0 Å². The summed E-state index contributed by atoms with van der Waals surface area (Å²) in [6.07, 6.45) is 5.94. The van der Waals surface area contributed by atoms with Crippen LogP contribution in [0.4, 0.5) is 11.4 Å². The summed E-state index contributed by atoms with van der Waals surface area (Å²) in [5, 5.41) is 0. The summed E-state index contributed by atoms with van der Waals surface area (Å²) < 4.78 is 0. The first-order valence-corrected chi connectivity index (χ1v) is 10.2. The van der Waals surface area contributed by atoms with Crippen LogP contribution in [0.1, 0.15) is 23.1 Å². The molecule has 4 rings (SSSR count). The standard InChI is InChI=1S/C24H29N3O/c1-19-5-3-7-22(17-19)27-15-13-26(14-16-27)12-4-6-20-8-10-23-21(18-20)9-11-24(28)25(23)2/h3-8,10,17-18H,9,11-16H2,1-2H3. The molecule has 1 amide bonds. The van der Waals surface area contributed by atoms with Crippen LogP contribution < -0.4 is 9.80 Å². The first-order chi connectivity index (χ1) is 13.6. The fourth-order valence-electron chi connectivity index (χ4n) is 4.13. The molecule has 0 atom stereocenters. The predicted octanol–water partition coefficient (Wildman–Crippen LogP) is 3.74. The molecule has 2 aromatic rings. The van der Waals surface area contributed by atoms with Gasteiger partial charge in [-0.25, -0.2) is 0 Å². The third-order valence-corrected chi connectivity index (χ3v) is 5.86. The van der Waals surface area contributed by atoms with Crippen molar-refractivity contribution < 1.29 is 4.79 Å². The Morgan fingerprint density at radius 1 is 1.00 bits per heavy atom. The number of hydrogen-bond donors (Lipinski definition) is 0. The van der Waals surface area contributed by atoms with Crippen LogP contribution >= 0.6 is 0 Å². The molecular formula is C24H29N3O. The van der Waals surface area contributed by atoms with Gasteiger partial charge in [0.15, 0.2) is 0 Å². The molecule has 0 bridgehead atoms. The number of rotatable bonds is 4. The van der Waals surface area contributed by atoms with Crippen molar-refractivity contribution in [3.05, 3.63) is 65.2 Å². The zero-order valence-corrected chi connectivity index (χ0v) is 16.9. The summed E-state index contributed by atoms with van der Waals surface area (Å²) in [4.78, 5) is 18.6. The molecule has 0 N–H and O–H groups in total. The van der Waals surface area contributed by atoms with Crippen molar-refractivity contribution >= 4 is 23.4 Å². The molecule has 2 aromatic carbocycles. The zero-order valence-electron chi connectivity index (χ0n) is 16.9. The fraction of sp³-hybridized carbons (Fsp3) is 0.375. The smallest absolute Gasteiger partial charge is 0.227 e. The van der Waals surface area contributed by atoms with Crippen molar-refractivity contribution in [3.63, 3.8) is 0 Å². The maximum atomic E-state index is 11.8. The van der Waals surface area contributed by atoms with Gasteiger partial charge in [-0.15, -0.1) is 0 Å². The number of piperazine rings is 1. The Morgan fingerprint density at radius 3 is 2.61 bits per heavy atom. The average Bonchev–Trinajstić information content (AvgIpc) is 2.71. The molecule has 2 aliphatic rings. The molecular weight excluding hydrogens is 346 g/mol. The van der Waals surface area contributed by atoms with Crippen LogP contribution in [0.3, 0.4) is 0 Å². The minimum Gasteiger partial charge on any atom is -0.369 e. The van der Waals surface area contributed by atoms with Crippen molar-refractivity contribution in [2.75, 3.05) is 49.6 Å². The van der Waals surface area contributed by atoms with Crippen molar-refractivity contribution in [3.8, 4) is 0 Å². The predicted molar refractivity (Wildman–Crippen MR) is 117 cm³/mol. The van der Waals surface area contributed by atoms with E-state index in [9.17, 15) is 4.79 Å². The number of amides is 1. The van der Waals surface area contributed by atoms with E-state index in [2.05, 4.69) is 71.3 Å². The van der Waals surface area contributed by atoms with Crippen molar-refractivity contribution in [1.82, 2.24) is 4.90 Å². The Bertz CT molecular complexity index is 881. The molecule has 0 radical (unpaired) electrons. The summed E-state index contributed by atoms with van der Waals surface area (Å²) in [5.74, 6) is 0.209. The van der Waals surface area contributed by atoms with Gasteiger partial charge in [-0.3, -0.25) is 9.69 Å². The summed E-state index contributed by atoms with van der Waals surface area (Å²) in [6, 6.07) is 15.2. The van der Waals surface area contributed by atoms with Crippen LogP contribution in [-0.4, -0.2) is 50.6 Å². The maximum absolute atomic E-state index is 11.8. The van der Waals surface area contributed by atoms with Gasteiger partial charge in [0.2, 0.25) is 5.91 Å². The van der Waals surface area contributed by atoms with E-state index < -0.39 is 0 Å². The highest BCUT2D eigenvalue weighted by Gasteiger charge is 2.20. The Kier molecular flexibility index (Phi) is 5.49. The highest BCUT2D eigenvalue weighted by Crippen LogP contribution is 2.28. The molecule has 28 heavy (non-hydrogen) atoms. The third-order valence-electron chi connectivity index (χ3n) is 5.86. The van der Waals surface area contributed by atoms with Gasteiger partial charge in [-0.1, -0.05) is 30.4 Å². The molecule has 0 unspecified atom stereocenters. The van der Waals surface area contributed by atoms with Gasteiger partial charge in [-0.05, 0) is 54.3 Å². The van der Waals surface area contributed by atoms with Gasteiger partial charge < -0.3 is 9.80 Å². The molecule has 0 aliphatic carbocycles. The highest BCUT2D eigenvalue weighted by atomic mass is 16.2. The lowest BCUT2D eigenvalue weighted by Crippen LogP contribution is -2.46. The average molecular weight is 376 g/mol. The van der Waals surface area contributed by atoms with E-state index in [-0.39, 0.29) is 5.91 Å². The number of carbonyl (C=O) groups excluding carboxylic acids is 1. The van der Waals surface area contributed by atoms with Gasteiger partial charge in [0.25, 0.3) is 0 Å². The number of carbonyl (C=O) groups is 1. The van der Waals surface area contributed by atoms with Gasteiger partial charge in [-0.2, -0.15) is 0 Å². The van der Waals surface area contributed by atoms with Crippen LogP contribution in [0.25, 0.3) is 6.08 Å². The lowest BCUT2D eigenvalue weighted by atomic mass is 9.99. The molecule has 0 aromatic heterocycles. The molecule has 2 aliphatic heterocycles. The molecule has 1 saturated heterocycles. The van der Waals surface area contributed by atoms with Gasteiger partial charge in [0, 0.05) is 57.6 Å². The quantitative estimate of drug-likeness (QED) is 0.815. The first-order valence-electron chi connectivity index (χ1n) is 10.2. The number of hydrogen-bond acceptors (Lipinski definition) is 3. The number of fused-ring (bicyclic) bond motifs is 1. The number of nitrogens with zero attached hydrogens (tertiary/aromatic N) is 3. The van der Waals surface area contributed by atoms with Gasteiger partial charge in [0.05, 0.1) is 0 Å². The minimum absolute atomic E-state index is 0.209. The second kappa shape index (κ2) is 8.19. The topological polar surface area (TPSA) is 26.8 Å². The van der Waals surface area contributed by atoms with Crippen LogP contribution in [0.2, 0.25) is 0 Å². The van der Waals surface area contributed by atoms with E-state index in [1.807, 2.05) is 7.05 Å². The number of anilines is 2. The van der Waals surface area contributed by atoms with Crippen LogP contribution in [0.15, 0.2) is 48.5 Å². The lowest BCUT2D eigenvalue weighted by Gasteiger charge is -2.35. The summed E-state index contributed by atoms with van der Waals surface area (Å²) >= 11 is 0.